The summed E-state index contributed by atoms with van der Waals surface area (Å²) in [5.74, 6) is 0.219. The van der Waals surface area contributed by atoms with E-state index in [-0.39, 0.29) is 42.8 Å². The molecule has 67 heavy (non-hydrogen) atoms. The highest BCUT2D eigenvalue weighted by atomic mass is 35.5. The average Bonchev–Trinajstić information content (AvgIpc) is 3.61. The van der Waals surface area contributed by atoms with Gasteiger partial charge in [-0.1, -0.05) is 11.6 Å². The number of hydrogen-bond acceptors (Lipinski definition) is 7. The standard InChI is InChI=1S/C54H50ClN5O7/c1-30-40(41-28-36(66-2)16-18-45(41)60(30)53(63)31-11-14-35(55)15-12-31)29-46(61)56-19-20-57-52(62)34-13-17-37(54(64)65)42(27-34)47-43-25-32-7-3-21-58-23-5-9-38(48(32)58)50(43)67-51-39-10-6-24-59-22-4-8-33(49(39)59)26-44(47)51/h11-18,25-28H,3-10,19-24,29H2,1-2H3,(H2-,56,57,61,62,64,65)/p+1. The monoisotopic (exact) mass is 916 g/mol. The van der Waals surface area contributed by atoms with Crippen LogP contribution in [0.3, 0.4) is 0 Å². The number of aryl methyl sites for hydroxylation is 2. The van der Waals surface area contributed by atoms with Gasteiger partial charge in [0.25, 0.3) is 11.8 Å². The van der Waals surface area contributed by atoms with Gasteiger partial charge < -0.3 is 30.1 Å². The first-order valence-electron chi connectivity index (χ1n) is 23.4. The van der Waals surface area contributed by atoms with E-state index >= 15 is 0 Å². The van der Waals surface area contributed by atoms with Gasteiger partial charge in [0.2, 0.25) is 11.3 Å². The summed E-state index contributed by atoms with van der Waals surface area (Å²) in [6.07, 6.45) is 7.74. The lowest BCUT2D eigenvalue weighted by Gasteiger charge is -2.39. The van der Waals surface area contributed by atoms with Crippen LogP contribution in [0.4, 0.5) is 5.69 Å². The highest BCUT2D eigenvalue weighted by Gasteiger charge is 2.37. The Bertz CT molecular complexity index is 3260. The van der Waals surface area contributed by atoms with E-state index in [9.17, 15) is 24.3 Å². The lowest BCUT2D eigenvalue weighted by atomic mass is 9.81. The van der Waals surface area contributed by atoms with Crippen molar-refractivity contribution < 1.29 is 33.8 Å². The predicted molar refractivity (Wildman–Crippen MR) is 257 cm³/mol. The Morgan fingerprint density at radius 1 is 0.791 bits per heavy atom. The second-order valence-corrected chi connectivity index (χ2v) is 18.7. The van der Waals surface area contributed by atoms with E-state index in [2.05, 4.69) is 32.2 Å². The maximum atomic E-state index is 14.0. The molecule has 0 atom stereocenters. The first-order chi connectivity index (χ1) is 32.6. The van der Waals surface area contributed by atoms with Gasteiger partial charge in [-0.2, -0.15) is 0 Å². The van der Waals surface area contributed by atoms with Gasteiger partial charge in [-0.3, -0.25) is 19.0 Å². The molecule has 3 N–H and O–H groups in total. The van der Waals surface area contributed by atoms with Crippen molar-refractivity contribution in [3.63, 3.8) is 0 Å². The van der Waals surface area contributed by atoms with E-state index in [4.69, 9.17) is 21.1 Å². The summed E-state index contributed by atoms with van der Waals surface area (Å²) in [6, 6.07) is 21.4. The molecular weight excluding hydrogens is 866 g/mol. The zero-order valence-corrected chi connectivity index (χ0v) is 38.4. The highest BCUT2D eigenvalue weighted by Crippen LogP contribution is 2.49. The van der Waals surface area contributed by atoms with Gasteiger partial charge in [0.1, 0.15) is 30.3 Å². The average molecular weight is 917 g/mol. The van der Waals surface area contributed by atoms with Crippen molar-refractivity contribution in [2.24, 2.45) is 0 Å². The molecule has 0 saturated carbocycles. The minimum absolute atomic E-state index is 0.0124. The zero-order chi connectivity index (χ0) is 46.1. The molecule has 6 heterocycles. The number of carbonyl (C=O) groups excluding carboxylic acids is 3. The van der Waals surface area contributed by atoms with Crippen LogP contribution in [0.1, 0.15) is 101 Å². The van der Waals surface area contributed by atoms with Crippen LogP contribution >= 0.6 is 11.6 Å². The molecular formula is C54H51ClN5O7+. The minimum atomic E-state index is -1.08. The summed E-state index contributed by atoms with van der Waals surface area (Å²) in [7, 11) is 1.57. The van der Waals surface area contributed by atoms with Gasteiger partial charge in [-0.05, 0) is 135 Å². The number of methoxy groups -OCH3 is 1. The van der Waals surface area contributed by atoms with Crippen LogP contribution in [-0.2, 0) is 36.9 Å². The van der Waals surface area contributed by atoms with Gasteiger partial charge in [-0.15, -0.1) is 0 Å². The molecule has 5 aliphatic rings. The smallest absolute Gasteiger partial charge is 0.336 e. The van der Waals surface area contributed by atoms with E-state index in [0.29, 0.717) is 44.2 Å². The molecule has 11 rings (SSSR count). The summed E-state index contributed by atoms with van der Waals surface area (Å²) in [4.78, 5) is 57.1. The van der Waals surface area contributed by atoms with Crippen molar-refractivity contribution in [3.05, 3.63) is 150 Å². The molecule has 6 aromatic rings. The largest absolute Gasteiger partial charge is 0.497 e. The number of ether oxygens (including phenoxy) is 2. The number of benzene rings is 5. The quantitative estimate of drug-likeness (QED) is 0.104. The van der Waals surface area contributed by atoms with Crippen LogP contribution in [0.5, 0.6) is 17.2 Å². The van der Waals surface area contributed by atoms with Crippen LogP contribution < -0.4 is 40.2 Å². The summed E-state index contributed by atoms with van der Waals surface area (Å²) >= 11 is 6.10. The third kappa shape index (κ3) is 7.33. The number of halogens is 1. The van der Waals surface area contributed by atoms with E-state index in [1.54, 1.807) is 54.1 Å². The Kier molecular flexibility index (Phi) is 10.9. The van der Waals surface area contributed by atoms with Crippen molar-refractivity contribution in [2.75, 3.05) is 51.3 Å². The normalized spacial score (nSPS) is 15.5. The van der Waals surface area contributed by atoms with Crippen LogP contribution in [0.2, 0.25) is 5.02 Å². The van der Waals surface area contributed by atoms with Crippen molar-refractivity contribution >= 4 is 57.5 Å². The number of hydrogen-bond donors (Lipinski definition) is 3. The third-order valence-electron chi connectivity index (χ3n) is 14.4. The molecule has 0 unspecified atom stereocenters. The second kappa shape index (κ2) is 17.1. The van der Waals surface area contributed by atoms with Crippen LogP contribution in [0.25, 0.3) is 16.5 Å². The molecule has 0 bridgehead atoms. The fraction of sp³-hybridized carbons (Fsp3) is 0.315. The van der Waals surface area contributed by atoms with Gasteiger partial charge in [0.05, 0.1) is 30.2 Å². The third-order valence-corrected chi connectivity index (χ3v) is 14.6. The number of anilines is 1. The molecule has 13 heteroatoms. The first-order valence-corrected chi connectivity index (χ1v) is 23.8. The topological polar surface area (TPSA) is 142 Å². The number of amides is 2. The van der Waals surface area contributed by atoms with E-state index in [1.165, 1.54) is 39.4 Å². The van der Waals surface area contributed by atoms with Gasteiger partial charge >= 0.3 is 5.97 Å². The number of nitrogens with zero attached hydrogens (tertiary/aromatic N) is 3. The molecule has 0 saturated heterocycles. The van der Waals surface area contributed by atoms with E-state index in [1.807, 2.05) is 19.1 Å². The molecule has 5 aliphatic heterocycles. The molecule has 5 aromatic carbocycles. The van der Waals surface area contributed by atoms with Gasteiger partial charge in [0, 0.05) is 99.4 Å². The fourth-order valence-corrected chi connectivity index (χ4v) is 11.5. The summed E-state index contributed by atoms with van der Waals surface area (Å²) in [5, 5.41) is 20.1. The van der Waals surface area contributed by atoms with Crippen molar-refractivity contribution in [1.29, 1.82) is 0 Å². The zero-order valence-electron chi connectivity index (χ0n) is 37.7. The summed E-state index contributed by atoms with van der Waals surface area (Å²) in [6.45, 7) is 6.13. The number of aromatic carboxylic acids is 1. The minimum Gasteiger partial charge on any atom is -0.497 e. The molecule has 2 amide bonds. The lowest BCUT2D eigenvalue weighted by Crippen LogP contribution is -2.45. The molecule has 12 nitrogen and oxygen atoms in total. The molecule has 1 aromatic heterocycles. The maximum Gasteiger partial charge on any atom is 0.336 e. The molecule has 0 radical (unpaired) electrons. The second-order valence-electron chi connectivity index (χ2n) is 18.3. The van der Waals surface area contributed by atoms with Gasteiger partial charge in [-0.25, -0.2) is 9.37 Å². The number of fused-ring (bicyclic) bond motifs is 5. The van der Waals surface area contributed by atoms with Crippen molar-refractivity contribution in [3.8, 4) is 17.2 Å². The maximum absolute atomic E-state index is 14.0. The number of aromatic nitrogens is 1. The van der Waals surface area contributed by atoms with Crippen LogP contribution in [0, 0.1) is 6.92 Å². The summed E-state index contributed by atoms with van der Waals surface area (Å²) in [5.41, 5.74) is 11.2. The number of carboxylic acid groups (broad SMARTS) is 1. The number of rotatable bonds is 10. The lowest BCUT2D eigenvalue weighted by molar-refractivity contribution is -0.120. The van der Waals surface area contributed by atoms with E-state index < -0.39 is 5.97 Å². The Balaban J connectivity index is 0.897. The molecule has 0 fully saturated rings. The Morgan fingerprint density at radius 3 is 2.31 bits per heavy atom. The fourth-order valence-electron chi connectivity index (χ4n) is 11.4. The Morgan fingerprint density at radius 2 is 1.52 bits per heavy atom. The van der Waals surface area contributed by atoms with Crippen LogP contribution in [0.15, 0.2) is 72.8 Å². The van der Waals surface area contributed by atoms with Gasteiger partial charge in [0.15, 0.2) is 0 Å². The Labute approximate surface area is 392 Å². The van der Waals surface area contributed by atoms with Crippen molar-refractivity contribution in [2.45, 2.75) is 64.7 Å². The Hall–Kier alpha value is -6.92. The molecule has 340 valence electrons. The van der Waals surface area contributed by atoms with Crippen LogP contribution in [-0.4, -0.2) is 79.7 Å². The molecule has 0 spiro atoms. The SMILES string of the molecule is COc1ccc2c(c1)c(CC(=O)NCCNC(=O)c1ccc(C(=O)O)c(C3=c4cc5c6c(c4Oc4c3cc3c7c4CCCN7CCC3)CCC[N+]=6CCC5)c1)c(C)n2C(=O)c1ccc(Cl)cc1. The van der Waals surface area contributed by atoms with E-state index in [0.717, 1.165) is 111 Å². The number of carbonyl (C=O) groups is 4. The molecule has 0 aliphatic carbocycles. The summed E-state index contributed by atoms with van der Waals surface area (Å²) < 4.78 is 16.8. The number of nitrogens with one attached hydrogen (secondary N) is 2. The van der Waals surface area contributed by atoms with Crippen molar-refractivity contribution in [1.82, 2.24) is 19.8 Å². The predicted octanol–water partition coefficient (Wildman–Crippen LogP) is 6.52. The highest BCUT2D eigenvalue weighted by molar-refractivity contribution is 6.30. The number of carboxylic acids is 1. The first kappa shape index (κ1) is 42.7.